The molecule has 1 aliphatic rings. The van der Waals surface area contributed by atoms with Gasteiger partial charge in [0.15, 0.2) is 0 Å². The van der Waals surface area contributed by atoms with Gasteiger partial charge in [-0.3, -0.25) is 14.5 Å². The maximum Gasteiger partial charge on any atom is 0.300 e. The molecule has 0 radical (unpaired) electrons. The molecule has 2 N–H and O–H groups in total. The summed E-state index contributed by atoms with van der Waals surface area (Å²) < 4.78 is 10.6. The first-order valence-corrected chi connectivity index (χ1v) is 10.2. The van der Waals surface area contributed by atoms with E-state index in [-0.39, 0.29) is 22.6 Å². The number of benzene rings is 3. The number of carbonyl (C=O) groups is 2. The fraction of sp³-hybridized carbons (Fsp3) is 0.115. The first-order valence-electron chi connectivity index (χ1n) is 10.2. The number of carbonyl (C=O) groups excluding carboxylic acids is 2. The smallest absolute Gasteiger partial charge is 0.300 e. The molecule has 0 aromatic heterocycles. The fourth-order valence-corrected chi connectivity index (χ4v) is 3.95. The van der Waals surface area contributed by atoms with E-state index >= 15 is 0 Å². The second-order valence-electron chi connectivity index (χ2n) is 7.49. The summed E-state index contributed by atoms with van der Waals surface area (Å²) in [5.74, 6) is -1.59. The molecule has 1 heterocycles. The number of rotatable bonds is 5. The van der Waals surface area contributed by atoms with Crippen LogP contribution in [0.1, 0.15) is 22.7 Å². The van der Waals surface area contributed by atoms with Crippen molar-refractivity contribution in [1.82, 2.24) is 0 Å². The van der Waals surface area contributed by atoms with Crippen LogP contribution in [-0.2, 0) is 9.59 Å². The number of ketones is 1. The lowest BCUT2D eigenvalue weighted by molar-refractivity contribution is -0.132. The molecule has 34 heavy (non-hydrogen) atoms. The Morgan fingerprint density at radius 1 is 1.00 bits per heavy atom. The third kappa shape index (κ3) is 3.80. The van der Waals surface area contributed by atoms with Crippen molar-refractivity contribution in [2.24, 2.45) is 0 Å². The maximum atomic E-state index is 13.3. The van der Waals surface area contributed by atoms with Crippen molar-refractivity contribution >= 4 is 23.1 Å². The van der Waals surface area contributed by atoms with Crippen LogP contribution in [0.2, 0.25) is 0 Å². The van der Waals surface area contributed by atoms with Gasteiger partial charge in [0.25, 0.3) is 11.7 Å². The largest absolute Gasteiger partial charge is 0.508 e. The van der Waals surface area contributed by atoms with E-state index in [4.69, 9.17) is 14.7 Å². The Morgan fingerprint density at radius 3 is 2.35 bits per heavy atom. The van der Waals surface area contributed by atoms with Crippen LogP contribution < -0.4 is 14.4 Å². The standard InChI is InChI=1S/C26H20N2O6/c1-33-19-10-11-21(34-2)20(13-19)24(30)22-23(16-4-3-5-18(29)12-16)28(26(32)25(22)31)17-8-6-15(14-27)7-9-17/h3-13,23,29-30H,1-2H3/b24-22+. The molecular formula is C26H20N2O6. The van der Waals surface area contributed by atoms with E-state index in [9.17, 15) is 19.8 Å². The molecule has 8 heteroatoms. The SMILES string of the molecule is COc1ccc(OC)c(/C(O)=C2\C(=O)C(=O)N(c3ccc(C#N)cc3)C2c2cccc(O)c2)c1. The summed E-state index contributed by atoms with van der Waals surface area (Å²) in [7, 11) is 2.88. The Labute approximate surface area is 195 Å². The van der Waals surface area contributed by atoms with Gasteiger partial charge in [0.05, 0.1) is 43.0 Å². The van der Waals surface area contributed by atoms with E-state index in [0.717, 1.165) is 0 Å². The number of nitrogens with zero attached hydrogens (tertiary/aromatic N) is 2. The van der Waals surface area contributed by atoms with Gasteiger partial charge in [-0.1, -0.05) is 12.1 Å². The second kappa shape index (κ2) is 9.00. The van der Waals surface area contributed by atoms with Crippen LogP contribution in [0.4, 0.5) is 5.69 Å². The molecule has 3 aromatic rings. The molecule has 4 rings (SSSR count). The van der Waals surface area contributed by atoms with Crippen molar-refractivity contribution in [3.05, 3.63) is 89.0 Å². The molecule has 0 saturated carbocycles. The highest BCUT2D eigenvalue weighted by Crippen LogP contribution is 2.44. The molecule has 8 nitrogen and oxygen atoms in total. The Kier molecular flexibility index (Phi) is 5.94. The number of aliphatic hydroxyl groups excluding tert-OH is 1. The minimum atomic E-state index is -1.05. The average molecular weight is 456 g/mol. The highest BCUT2D eigenvalue weighted by Gasteiger charge is 2.47. The fourth-order valence-electron chi connectivity index (χ4n) is 3.95. The first-order chi connectivity index (χ1) is 16.4. The highest BCUT2D eigenvalue weighted by atomic mass is 16.5. The molecule has 170 valence electrons. The summed E-state index contributed by atoms with van der Waals surface area (Å²) in [4.78, 5) is 27.7. The summed E-state index contributed by atoms with van der Waals surface area (Å²) in [6.07, 6.45) is 0. The van der Waals surface area contributed by atoms with Crippen LogP contribution >= 0.6 is 0 Å². The predicted molar refractivity (Wildman–Crippen MR) is 124 cm³/mol. The molecule has 1 aliphatic heterocycles. The number of aliphatic hydroxyl groups is 1. The molecule has 1 amide bonds. The van der Waals surface area contributed by atoms with Gasteiger partial charge in [0, 0.05) is 5.69 Å². The number of methoxy groups -OCH3 is 2. The number of phenolic OH excluding ortho intramolecular Hbond substituents is 1. The number of aromatic hydroxyl groups is 1. The highest BCUT2D eigenvalue weighted by molar-refractivity contribution is 6.51. The van der Waals surface area contributed by atoms with Gasteiger partial charge in [-0.05, 0) is 60.2 Å². The van der Waals surface area contributed by atoms with Gasteiger partial charge in [0.2, 0.25) is 0 Å². The topological polar surface area (TPSA) is 120 Å². The lowest BCUT2D eigenvalue weighted by atomic mass is 9.94. The van der Waals surface area contributed by atoms with Crippen LogP contribution in [0.3, 0.4) is 0 Å². The molecule has 0 bridgehead atoms. The van der Waals surface area contributed by atoms with E-state index < -0.39 is 23.5 Å². The third-order valence-corrected chi connectivity index (χ3v) is 5.57. The molecule has 0 aliphatic carbocycles. The Balaban J connectivity index is 1.98. The van der Waals surface area contributed by atoms with Gasteiger partial charge in [-0.15, -0.1) is 0 Å². The number of nitriles is 1. The van der Waals surface area contributed by atoms with Gasteiger partial charge < -0.3 is 19.7 Å². The second-order valence-corrected chi connectivity index (χ2v) is 7.49. The van der Waals surface area contributed by atoms with Crippen molar-refractivity contribution in [3.63, 3.8) is 0 Å². The molecule has 3 aromatic carbocycles. The molecular weight excluding hydrogens is 436 g/mol. The number of phenols is 1. The van der Waals surface area contributed by atoms with Crippen LogP contribution in [-0.4, -0.2) is 36.1 Å². The van der Waals surface area contributed by atoms with Gasteiger partial charge in [-0.2, -0.15) is 5.26 Å². The predicted octanol–water partition coefficient (Wildman–Crippen LogP) is 3.91. The number of hydrogen-bond acceptors (Lipinski definition) is 7. The van der Waals surface area contributed by atoms with Crippen LogP contribution in [0.5, 0.6) is 17.2 Å². The molecule has 1 unspecified atom stereocenters. The number of hydrogen-bond donors (Lipinski definition) is 2. The lowest BCUT2D eigenvalue weighted by Crippen LogP contribution is -2.29. The van der Waals surface area contributed by atoms with Crippen LogP contribution in [0, 0.1) is 11.3 Å². The van der Waals surface area contributed by atoms with Crippen LogP contribution in [0.15, 0.2) is 72.3 Å². The van der Waals surface area contributed by atoms with Gasteiger partial charge >= 0.3 is 0 Å². The lowest BCUT2D eigenvalue weighted by Gasteiger charge is -2.25. The van der Waals surface area contributed by atoms with Crippen molar-refractivity contribution < 1.29 is 29.3 Å². The Morgan fingerprint density at radius 2 is 1.74 bits per heavy atom. The molecule has 1 atom stereocenters. The third-order valence-electron chi connectivity index (χ3n) is 5.57. The minimum absolute atomic E-state index is 0.0677. The normalized spacial score (nSPS) is 16.9. The molecule has 0 spiro atoms. The summed E-state index contributed by atoms with van der Waals surface area (Å²) in [6.45, 7) is 0. The first kappa shape index (κ1) is 22.4. The van der Waals surface area contributed by atoms with E-state index in [1.165, 1.54) is 49.5 Å². The quantitative estimate of drug-likeness (QED) is 0.339. The summed E-state index contributed by atoms with van der Waals surface area (Å²) in [6, 6.07) is 17.9. The van der Waals surface area contributed by atoms with E-state index in [1.54, 1.807) is 36.4 Å². The summed E-state index contributed by atoms with van der Waals surface area (Å²) in [5.41, 5.74) is 1.14. The van der Waals surface area contributed by atoms with E-state index in [2.05, 4.69) is 0 Å². The zero-order valence-electron chi connectivity index (χ0n) is 18.4. The van der Waals surface area contributed by atoms with Crippen molar-refractivity contribution in [2.75, 3.05) is 19.1 Å². The number of amides is 1. The molecule has 1 saturated heterocycles. The summed E-state index contributed by atoms with van der Waals surface area (Å²) in [5, 5.41) is 30.5. The van der Waals surface area contributed by atoms with Gasteiger partial charge in [0.1, 0.15) is 23.0 Å². The monoisotopic (exact) mass is 456 g/mol. The zero-order chi connectivity index (χ0) is 24.4. The number of ether oxygens (including phenoxy) is 2. The Hall–Kier alpha value is -4.77. The van der Waals surface area contributed by atoms with Crippen LogP contribution in [0.25, 0.3) is 5.76 Å². The zero-order valence-corrected chi connectivity index (χ0v) is 18.4. The Bertz CT molecular complexity index is 1350. The van der Waals surface area contributed by atoms with E-state index in [1.807, 2.05) is 6.07 Å². The van der Waals surface area contributed by atoms with Crippen molar-refractivity contribution in [1.29, 1.82) is 5.26 Å². The van der Waals surface area contributed by atoms with Crippen molar-refractivity contribution in [3.8, 4) is 23.3 Å². The number of Topliss-reactive ketones (excluding diaryl/α,β-unsaturated/α-hetero) is 1. The maximum absolute atomic E-state index is 13.3. The van der Waals surface area contributed by atoms with Crippen molar-refractivity contribution in [2.45, 2.75) is 6.04 Å². The minimum Gasteiger partial charge on any atom is -0.508 e. The van der Waals surface area contributed by atoms with Gasteiger partial charge in [-0.25, -0.2) is 0 Å². The average Bonchev–Trinajstić information content (AvgIpc) is 3.13. The van der Waals surface area contributed by atoms with E-state index in [0.29, 0.717) is 22.6 Å². The molecule has 1 fully saturated rings. The number of anilines is 1. The summed E-state index contributed by atoms with van der Waals surface area (Å²) >= 11 is 0.